The number of para-hydroxylation sites is 2. The van der Waals surface area contributed by atoms with Crippen LogP contribution in [0.2, 0.25) is 0 Å². The molecule has 0 saturated heterocycles. The van der Waals surface area contributed by atoms with Crippen LogP contribution in [0.5, 0.6) is 0 Å². The number of nitrogens with zero attached hydrogens (tertiary/aromatic N) is 3. The third-order valence-corrected chi connectivity index (χ3v) is 5.54. The van der Waals surface area contributed by atoms with Crippen LogP contribution in [0, 0.1) is 5.82 Å². The molecule has 8 nitrogen and oxygen atoms in total. The van der Waals surface area contributed by atoms with Crippen molar-refractivity contribution in [3.05, 3.63) is 83.9 Å². The Kier molecular flexibility index (Phi) is 9.76. The van der Waals surface area contributed by atoms with Gasteiger partial charge in [0.05, 0.1) is 11.4 Å². The molecule has 2 aromatic carbocycles. The maximum Gasteiger partial charge on any atom is 0.322 e. The molecule has 0 saturated carbocycles. The average Bonchev–Trinajstić information content (AvgIpc) is 2.84. The van der Waals surface area contributed by atoms with Gasteiger partial charge >= 0.3 is 6.03 Å². The molecular weight excluding hydrogens is 459 g/mol. The zero-order valence-corrected chi connectivity index (χ0v) is 20.7. The molecule has 0 atom stereocenters. The summed E-state index contributed by atoms with van der Waals surface area (Å²) < 4.78 is 13.6. The highest BCUT2D eigenvalue weighted by molar-refractivity contribution is 6.04. The summed E-state index contributed by atoms with van der Waals surface area (Å²) >= 11 is 0. The number of rotatable bonds is 11. The summed E-state index contributed by atoms with van der Waals surface area (Å²) in [5, 5.41) is 5.52. The number of nitrogens with two attached hydrogens (primary N) is 1. The van der Waals surface area contributed by atoms with E-state index in [9.17, 15) is 14.0 Å². The Morgan fingerprint density at radius 1 is 0.944 bits per heavy atom. The molecule has 0 bridgehead atoms. The molecule has 1 heterocycles. The predicted octanol–water partition coefficient (Wildman–Crippen LogP) is 4.82. The normalized spacial score (nSPS) is 10.8. The molecule has 3 rings (SSSR count). The van der Waals surface area contributed by atoms with E-state index in [1.54, 1.807) is 59.6 Å². The summed E-state index contributed by atoms with van der Waals surface area (Å²) in [7, 11) is 4.06. The van der Waals surface area contributed by atoms with Gasteiger partial charge in [-0.15, -0.1) is 0 Å². The highest BCUT2D eigenvalue weighted by atomic mass is 19.1. The Labute approximate surface area is 211 Å². The topological polar surface area (TPSA) is 104 Å². The Morgan fingerprint density at radius 3 is 2.42 bits per heavy atom. The molecule has 3 amide bonds. The molecule has 0 aliphatic rings. The van der Waals surface area contributed by atoms with Crippen molar-refractivity contribution in [1.82, 2.24) is 14.8 Å². The lowest BCUT2D eigenvalue weighted by molar-refractivity contribution is 0.102. The average molecular weight is 493 g/mol. The second kappa shape index (κ2) is 13.2. The summed E-state index contributed by atoms with van der Waals surface area (Å²) in [5.74, 6) is -0.792. The Balaban J connectivity index is 1.65. The first-order chi connectivity index (χ1) is 17.3. The standard InChI is InChI=1S/C27H33FN6O2/c1-33(2)15-6-3-7-16-34(27(36)31-22-10-8-9-21(28)17-22)19-20-13-14-25(30-18-20)26(35)32-24-12-5-4-11-23(24)29/h4-5,8-14,17-18H,3,6-7,15-16,19,29H2,1-2H3,(H,31,36)(H,32,35). The lowest BCUT2D eigenvalue weighted by Gasteiger charge is -2.23. The van der Waals surface area contributed by atoms with Gasteiger partial charge in [-0.2, -0.15) is 0 Å². The van der Waals surface area contributed by atoms with Crippen molar-refractivity contribution >= 4 is 29.0 Å². The Morgan fingerprint density at radius 2 is 1.72 bits per heavy atom. The van der Waals surface area contributed by atoms with Crippen LogP contribution in [-0.2, 0) is 6.54 Å². The van der Waals surface area contributed by atoms with Gasteiger partial charge in [-0.3, -0.25) is 9.78 Å². The number of urea groups is 1. The minimum atomic E-state index is -0.418. The third kappa shape index (κ3) is 8.35. The van der Waals surface area contributed by atoms with E-state index in [1.165, 1.54) is 12.1 Å². The number of amides is 3. The molecule has 0 aliphatic carbocycles. The minimum absolute atomic E-state index is 0.237. The molecule has 0 spiro atoms. The van der Waals surface area contributed by atoms with Crippen molar-refractivity contribution in [3.8, 4) is 0 Å². The Bertz CT molecular complexity index is 1150. The molecule has 3 aromatic rings. The summed E-state index contributed by atoms with van der Waals surface area (Å²) in [6, 6.07) is 15.9. The number of carbonyl (C=O) groups excluding carboxylic acids is 2. The van der Waals surface area contributed by atoms with Crippen molar-refractivity contribution in [2.45, 2.75) is 25.8 Å². The smallest absolute Gasteiger partial charge is 0.322 e. The fraction of sp³-hybridized carbons (Fsp3) is 0.296. The van der Waals surface area contributed by atoms with E-state index < -0.39 is 5.82 Å². The quantitative estimate of drug-likeness (QED) is 0.263. The molecule has 4 N–H and O–H groups in total. The molecule has 9 heteroatoms. The first kappa shape index (κ1) is 26.6. The number of hydrogen-bond donors (Lipinski definition) is 3. The molecule has 0 fully saturated rings. The van der Waals surface area contributed by atoms with E-state index in [1.807, 2.05) is 14.1 Å². The molecule has 0 unspecified atom stereocenters. The van der Waals surface area contributed by atoms with E-state index in [2.05, 4.69) is 20.5 Å². The van der Waals surface area contributed by atoms with Gasteiger partial charge in [0, 0.05) is 25.0 Å². The van der Waals surface area contributed by atoms with Crippen molar-refractivity contribution in [2.75, 3.05) is 43.6 Å². The van der Waals surface area contributed by atoms with Gasteiger partial charge in [0.2, 0.25) is 0 Å². The van der Waals surface area contributed by atoms with E-state index >= 15 is 0 Å². The zero-order valence-electron chi connectivity index (χ0n) is 20.7. The number of benzene rings is 2. The second-order valence-electron chi connectivity index (χ2n) is 8.82. The first-order valence-electron chi connectivity index (χ1n) is 11.9. The van der Waals surface area contributed by atoms with Crippen molar-refractivity contribution in [1.29, 1.82) is 0 Å². The maximum absolute atomic E-state index is 13.6. The second-order valence-corrected chi connectivity index (χ2v) is 8.82. The summed E-state index contributed by atoms with van der Waals surface area (Å²) in [5.41, 5.74) is 8.27. The number of pyridine rings is 1. The predicted molar refractivity (Wildman–Crippen MR) is 141 cm³/mol. The fourth-order valence-electron chi connectivity index (χ4n) is 3.60. The number of unbranched alkanes of at least 4 members (excludes halogenated alkanes) is 2. The lowest BCUT2D eigenvalue weighted by Crippen LogP contribution is -2.35. The van der Waals surface area contributed by atoms with E-state index in [0.717, 1.165) is 31.4 Å². The third-order valence-electron chi connectivity index (χ3n) is 5.54. The molecule has 0 radical (unpaired) electrons. The van der Waals surface area contributed by atoms with Gasteiger partial charge in [0.25, 0.3) is 5.91 Å². The monoisotopic (exact) mass is 492 g/mol. The number of nitrogens with one attached hydrogen (secondary N) is 2. The Hall–Kier alpha value is -3.98. The molecule has 1 aromatic heterocycles. The fourth-order valence-corrected chi connectivity index (χ4v) is 3.60. The largest absolute Gasteiger partial charge is 0.397 e. The maximum atomic E-state index is 13.6. The van der Waals surface area contributed by atoms with Crippen molar-refractivity contribution < 1.29 is 14.0 Å². The number of halogens is 1. The van der Waals surface area contributed by atoms with E-state index in [-0.39, 0.29) is 17.6 Å². The molecule has 0 aliphatic heterocycles. The summed E-state index contributed by atoms with van der Waals surface area (Å²) in [6.45, 7) is 1.82. The van der Waals surface area contributed by atoms with Gasteiger partial charge in [0.15, 0.2) is 0 Å². The van der Waals surface area contributed by atoms with E-state index in [4.69, 9.17) is 5.73 Å². The molecule has 36 heavy (non-hydrogen) atoms. The first-order valence-corrected chi connectivity index (χ1v) is 11.9. The number of anilines is 3. The van der Waals surface area contributed by atoms with Crippen LogP contribution in [0.1, 0.15) is 35.3 Å². The van der Waals surface area contributed by atoms with Crippen LogP contribution in [0.4, 0.5) is 26.2 Å². The van der Waals surface area contributed by atoms with Crippen LogP contribution in [0.25, 0.3) is 0 Å². The minimum Gasteiger partial charge on any atom is -0.397 e. The SMILES string of the molecule is CN(C)CCCCCN(Cc1ccc(C(=O)Nc2ccccc2N)nc1)C(=O)Nc1cccc(F)c1. The zero-order chi connectivity index (χ0) is 25.9. The van der Waals surface area contributed by atoms with Gasteiger partial charge in [-0.1, -0.05) is 30.7 Å². The number of nitrogen functional groups attached to an aromatic ring is 1. The van der Waals surface area contributed by atoms with Crippen LogP contribution < -0.4 is 16.4 Å². The highest BCUT2D eigenvalue weighted by Gasteiger charge is 2.16. The highest BCUT2D eigenvalue weighted by Crippen LogP contribution is 2.18. The van der Waals surface area contributed by atoms with Crippen LogP contribution in [0.3, 0.4) is 0 Å². The summed E-state index contributed by atoms with van der Waals surface area (Å²) in [6.07, 6.45) is 4.42. The van der Waals surface area contributed by atoms with E-state index in [0.29, 0.717) is 30.2 Å². The van der Waals surface area contributed by atoms with Gasteiger partial charge < -0.3 is 26.2 Å². The van der Waals surface area contributed by atoms with Crippen LogP contribution in [-0.4, -0.2) is 53.9 Å². The number of aromatic nitrogens is 1. The summed E-state index contributed by atoms with van der Waals surface area (Å²) in [4.78, 5) is 33.6. The van der Waals surface area contributed by atoms with Crippen molar-refractivity contribution in [3.63, 3.8) is 0 Å². The molecule has 190 valence electrons. The van der Waals surface area contributed by atoms with Crippen LogP contribution in [0.15, 0.2) is 66.9 Å². The van der Waals surface area contributed by atoms with Gasteiger partial charge in [0.1, 0.15) is 11.5 Å². The van der Waals surface area contributed by atoms with Gasteiger partial charge in [-0.25, -0.2) is 9.18 Å². The van der Waals surface area contributed by atoms with Crippen molar-refractivity contribution in [2.24, 2.45) is 0 Å². The van der Waals surface area contributed by atoms with Crippen LogP contribution >= 0.6 is 0 Å². The number of carbonyl (C=O) groups is 2. The lowest BCUT2D eigenvalue weighted by atomic mass is 10.2. The number of hydrogen-bond acceptors (Lipinski definition) is 5. The molecular formula is C27H33FN6O2. The van der Waals surface area contributed by atoms with Gasteiger partial charge in [-0.05, 0) is 75.4 Å².